The van der Waals surface area contributed by atoms with Gasteiger partial charge in [0.25, 0.3) is 5.91 Å². The topological polar surface area (TPSA) is 81.4 Å². The Morgan fingerprint density at radius 2 is 1.57 bits per heavy atom. The summed E-state index contributed by atoms with van der Waals surface area (Å²) in [5.74, 6) is -1.34. The highest BCUT2D eigenvalue weighted by Gasteiger charge is 2.22. The number of carbonyl (C=O) groups is 2. The molecule has 0 atom stereocenters. The van der Waals surface area contributed by atoms with Crippen molar-refractivity contribution in [3.8, 4) is 0 Å². The molecule has 23 heavy (non-hydrogen) atoms. The van der Waals surface area contributed by atoms with Crippen LogP contribution in [0, 0.1) is 0 Å². The number of carbonyl (C=O) groups excluding carboxylic acids is 2. The van der Waals surface area contributed by atoms with E-state index in [9.17, 15) is 9.59 Å². The van der Waals surface area contributed by atoms with Gasteiger partial charge >= 0.3 is 5.97 Å². The maximum absolute atomic E-state index is 12.3. The number of ether oxygens (including phenoxy) is 1. The molecule has 0 radical (unpaired) electrons. The first-order valence-corrected chi connectivity index (χ1v) is 7.11. The number of hydrogen-bond acceptors (Lipinski definition) is 4. The molecule has 2 aromatic carbocycles. The molecular weight excluding hydrogens is 292 g/mol. The van der Waals surface area contributed by atoms with Gasteiger partial charge in [-0.2, -0.15) is 0 Å². The second-order valence-corrected chi connectivity index (χ2v) is 4.94. The number of hydrogen-bond donors (Lipinski definition) is 2. The predicted molar refractivity (Wildman–Crippen MR) is 88.2 cm³/mol. The van der Waals surface area contributed by atoms with Crippen LogP contribution in [0.3, 0.4) is 0 Å². The summed E-state index contributed by atoms with van der Waals surface area (Å²) in [5, 5.41) is 2.62. The zero-order valence-electron chi connectivity index (χ0n) is 12.8. The number of rotatable bonds is 5. The van der Waals surface area contributed by atoms with Gasteiger partial charge in [-0.3, -0.25) is 4.79 Å². The van der Waals surface area contributed by atoms with Gasteiger partial charge < -0.3 is 15.8 Å². The number of nitrogens with one attached hydrogen (secondary N) is 1. The highest BCUT2D eigenvalue weighted by atomic mass is 16.5. The van der Waals surface area contributed by atoms with Crippen LogP contribution in [0.25, 0.3) is 0 Å². The van der Waals surface area contributed by atoms with E-state index in [0.29, 0.717) is 5.69 Å². The van der Waals surface area contributed by atoms with Crippen LogP contribution in [0.15, 0.2) is 71.9 Å². The smallest absolute Gasteiger partial charge is 0.345 e. The molecule has 0 aliphatic heterocycles. The molecule has 3 N–H and O–H groups in total. The fraction of sp³-hybridized carbons (Fsp3) is 0.111. The molecule has 5 heteroatoms. The first kappa shape index (κ1) is 16.3. The van der Waals surface area contributed by atoms with E-state index >= 15 is 0 Å². The first-order chi connectivity index (χ1) is 11.1. The molecule has 0 heterocycles. The van der Waals surface area contributed by atoms with E-state index in [1.54, 1.807) is 24.3 Å². The van der Waals surface area contributed by atoms with E-state index in [0.717, 1.165) is 5.56 Å². The fourth-order valence-electron chi connectivity index (χ4n) is 1.94. The molecule has 2 rings (SSSR count). The maximum Gasteiger partial charge on any atom is 0.345 e. The summed E-state index contributed by atoms with van der Waals surface area (Å²) in [7, 11) is 0. The molecule has 0 bridgehead atoms. The molecule has 0 unspecified atom stereocenters. The third-order valence-corrected chi connectivity index (χ3v) is 3.07. The van der Waals surface area contributed by atoms with Crippen molar-refractivity contribution < 1.29 is 14.3 Å². The Kier molecular flexibility index (Phi) is 5.52. The largest absolute Gasteiger partial charge is 0.457 e. The van der Waals surface area contributed by atoms with Gasteiger partial charge in [0.1, 0.15) is 12.2 Å². The van der Waals surface area contributed by atoms with E-state index in [2.05, 4.69) is 5.32 Å². The molecular formula is C18H18N2O3. The molecule has 5 nitrogen and oxygen atoms in total. The Morgan fingerprint density at radius 1 is 1.00 bits per heavy atom. The number of allylic oxidation sites excluding steroid dienone is 1. The Balaban J connectivity index is 2.04. The SMILES string of the molecule is C/C(N)=C(/C(=O)Nc1ccccc1)C(=O)OCc1ccccc1. The van der Waals surface area contributed by atoms with Gasteiger partial charge in [0.15, 0.2) is 0 Å². The molecule has 0 fully saturated rings. The van der Waals surface area contributed by atoms with Crippen LogP contribution in [0.1, 0.15) is 12.5 Å². The molecule has 2 aromatic rings. The second kappa shape index (κ2) is 7.79. The van der Waals surface area contributed by atoms with Crippen molar-refractivity contribution in [3.05, 3.63) is 77.5 Å². The van der Waals surface area contributed by atoms with Crippen LogP contribution in [0.2, 0.25) is 0 Å². The second-order valence-electron chi connectivity index (χ2n) is 4.94. The molecule has 0 spiro atoms. The van der Waals surface area contributed by atoms with E-state index in [4.69, 9.17) is 10.5 Å². The first-order valence-electron chi connectivity index (χ1n) is 7.11. The van der Waals surface area contributed by atoms with E-state index in [1.165, 1.54) is 6.92 Å². The minimum atomic E-state index is -0.748. The Bertz CT molecular complexity index is 706. The lowest BCUT2D eigenvalue weighted by molar-refractivity contribution is -0.141. The molecule has 1 amide bonds. The summed E-state index contributed by atoms with van der Waals surface area (Å²) in [5.41, 5.74) is 7.00. The van der Waals surface area contributed by atoms with Gasteiger partial charge in [-0.15, -0.1) is 0 Å². The van der Waals surface area contributed by atoms with Gasteiger partial charge in [0.05, 0.1) is 0 Å². The van der Waals surface area contributed by atoms with Crippen LogP contribution >= 0.6 is 0 Å². The summed E-state index contributed by atoms with van der Waals surface area (Å²) >= 11 is 0. The number of esters is 1. The van der Waals surface area contributed by atoms with Crippen molar-refractivity contribution in [3.63, 3.8) is 0 Å². The Morgan fingerprint density at radius 3 is 2.13 bits per heavy atom. The van der Waals surface area contributed by atoms with Crippen molar-refractivity contribution in [2.75, 3.05) is 5.32 Å². The molecule has 0 aliphatic rings. The Labute approximate surface area is 134 Å². The maximum atomic E-state index is 12.3. The fourth-order valence-corrected chi connectivity index (χ4v) is 1.94. The van der Waals surface area contributed by atoms with Crippen molar-refractivity contribution in [2.24, 2.45) is 5.73 Å². The van der Waals surface area contributed by atoms with Crippen LogP contribution in [-0.2, 0) is 20.9 Å². The third kappa shape index (κ3) is 4.71. The quantitative estimate of drug-likeness (QED) is 0.385. The van der Waals surface area contributed by atoms with Crippen LogP contribution < -0.4 is 11.1 Å². The van der Waals surface area contributed by atoms with E-state index in [-0.39, 0.29) is 17.9 Å². The minimum Gasteiger partial charge on any atom is -0.457 e. The van der Waals surface area contributed by atoms with Gasteiger partial charge in [0.2, 0.25) is 0 Å². The Hall–Kier alpha value is -3.08. The van der Waals surface area contributed by atoms with Crippen LogP contribution in [0.4, 0.5) is 5.69 Å². The van der Waals surface area contributed by atoms with E-state index in [1.807, 2.05) is 36.4 Å². The number of anilines is 1. The summed E-state index contributed by atoms with van der Waals surface area (Å²) < 4.78 is 5.17. The lowest BCUT2D eigenvalue weighted by atomic mass is 10.2. The standard InChI is InChI=1S/C18H18N2O3/c1-13(19)16(17(21)20-15-10-6-3-7-11-15)18(22)23-12-14-8-4-2-5-9-14/h2-11H,12,19H2,1H3,(H,20,21)/b16-13+. The zero-order chi connectivity index (χ0) is 16.7. The summed E-state index contributed by atoms with van der Waals surface area (Å²) in [6.07, 6.45) is 0. The third-order valence-electron chi connectivity index (χ3n) is 3.07. The average molecular weight is 310 g/mol. The number of nitrogens with two attached hydrogens (primary N) is 1. The molecule has 0 saturated heterocycles. The summed E-state index contributed by atoms with van der Waals surface area (Å²) in [6, 6.07) is 18.0. The highest BCUT2D eigenvalue weighted by Crippen LogP contribution is 2.11. The lowest BCUT2D eigenvalue weighted by Gasteiger charge is -2.11. The van der Waals surface area contributed by atoms with Gasteiger partial charge in [-0.25, -0.2) is 4.79 Å². The zero-order valence-corrected chi connectivity index (χ0v) is 12.8. The number of para-hydroxylation sites is 1. The number of amides is 1. The van der Waals surface area contributed by atoms with Crippen LogP contribution in [-0.4, -0.2) is 11.9 Å². The monoisotopic (exact) mass is 310 g/mol. The summed E-state index contributed by atoms with van der Waals surface area (Å²) in [6.45, 7) is 1.57. The van der Waals surface area contributed by atoms with Gasteiger partial charge in [-0.05, 0) is 24.6 Å². The molecule has 0 aromatic heterocycles. The van der Waals surface area contributed by atoms with Crippen LogP contribution in [0.5, 0.6) is 0 Å². The van der Waals surface area contributed by atoms with Crippen molar-refractivity contribution >= 4 is 17.6 Å². The molecule has 118 valence electrons. The molecule has 0 aliphatic carbocycles. The van der Waals surface area contributed by atoms with Gasteiger partial charge in [0, 0.05) is 11.4 Å². The average Bonchev–Trinajstić information content (AvgIpc) is 2.54. The van der Waals surface area contributed by atoms with Crippen molar-refractivity contribution in [1.82, 2.24) is 0 Å². The molecule has 0 saturated carbocycles. The lowest BCUT2D eigenvalue weighted by Crippen LogP contribution is -2.25. The van der Waals surface area contributed by atoms with Crippen molar-refractivity contribution in [2.45, 2.75) is 13.5 Å². The van der Waals surface area contributed by atoms with Crippen molar-refractivity contribution in [1.29, 1.82) is 0 Å². The van der Waals surface area contributed by atoms with Gasteiger partial charge in [-0.1, -0.05) is 48.5 Å². The van der Waals surface area contributed by atoms with E-state index < -0.39 is 11.9 Å². The summed E-state index contributed by atoms with van der Waals surface area (Å²) in [4.78, 5) is 24.4. The highest BCUT2D eigenvalue weighted by molar-refractivity contribution is 6.21. The minimum absolute atomic E-state index is 0.0784. The normalized spacial score (nSPS) is 11.3. The number of benzene rings is 2. The predicted octanol–water partition coefficient (Wildman–Crippen LogP) is 2.60.